The lowest BCUT2D eigenvalue weighted by atomic mass is 9.94. The molecule has 108 valence electrons. The summed E-state index contributed by atoms with van der Waals surface area (Å²) in [4.78, 5) is 11.6. The third kappa shape index (κ3) is 1.94. The number of fused-ring (bicyclic) bond motifs is 2. The van der Waals surface area contributed by atoms with Gasteiger partial charge in [0.1, 0.15) is 23.7 Å². The zero-order chi connectivity index (χ0) is 14.4. The second-order valence-corrected chi connectivity index (χ2v) is 5.77. The highest BCUT2D eigenvalue weighted by Gasteiger charge is 2.36. The van der Waals surface area contributed by atoms with Crippen LogP contribution in [0.2, 0.25) is 0 Å². The summed E-state index contributed by atoms with van der Waals surface area (Å²) >= 11 is 0. The highest BCUT2D eigenvalue weighted by Crippen LogP contribution is 2.51. The molecule has 0 aromatic heterocycles. The van der Waals surface area contributed by atoms with Gasteiger partial charge in [-0.2, -0.15) is 0 Å². The summed E-state index contributed by atoms with van der Waals surface area (Å²) < 4.78 is 17.4. The molecule has 0 spiro atoms. The predicted octanol–water partition coefficient (Wildman–Crippen LogP) is 2.47. The first-order valence-corrected chi connectivity index (χ1v) is 7.08. The topological polar surface area (TPSA) is 44.8 Å². The molecule has 4 nitrogen and oxygen atoms in total. The van der Waals surface area contributed by atoms with Gasteiger partial charge in [0.2, 0.25) is 0 Å². The Balaban J connectivity index is 2.22. The van der Waals surface area contributed by atoms with Crippen LogP contribution >= 0.6 is 0 Å². The van der Waals surface area contributed by atoms with Gasteiger partial charge in [0.15, 0.2) is 11.5 Å². The quantitative estimate of drug-likeness (QED) is 0.850. The molecule has 0 saturated heterocycles. The predicted molar refractivity (Wildman–Crippen MR) is 75.0 cm³/mol. The molecule has 0 radical (unpaired) electrons. The highest BCUT2D eigenvalue weighted by atomic mass is 16.5. The van der Waals surface area contributed by atoms with Gasteiger partial charge < -0.3 is 14.2 Å². The summed E-state index contributed by atoms with van der Waals surface area (Å²) in [6, 6.07) is 0. The van der Waals surface area contributed by atoms with E-state index in [2.05, 4.69) is 0 Å². The zero-order valence-corrected chi connectivity index (χ0v) is 12.4. The Morgan fingerprint density at radius 2 is 1.75 bits per heavy atom. The van der Waals surface area contributed by atoms with Crippen molar-refractivity contribution in [3.05, 3.63) is 16.7 Å². The van der Waals surface area contributed by atoms with Gasteiger partial charge in [-0.25, -0.2) is 0 Å². The van der Waals surface area contributed by atoms with Gasteiger partial charge in [0, 0.05) is 36.0 Å². The van der Waals surface area contributed by atoms with E-state index in [-0.39, 0.29) is 18.0 Å². The average molecular weight is 276 g/mol. The SMILES string of the molecule is COc1c2c(c(CC(C)=O)c3c1OC(C)C3)OC(C)C2. The minimum Gasteiger partial charge on any atom is -0.492 e. The summed E-state index contributed by atoms with van der Waals surface area (Å²) in [5.41, 5.74) is 3.12. The molecule has 2 atom stereocenters. The van der Waals surface area contributed by atoms with Crippen LogP contribution in [0.15, 0.2) is 0 Å². The van der Waals surface area contributed by atoms with E-state index in [1.165, 1.54) is 0 Å². The van der Waals surface area contributed by atoms with Crippen molar-refractivity contribution in [3.63, 3.8) is 0 Å². The number of benzene rings is 1. The van der Waals surface area contributed by atoms with Crippen LogP contribution < -0.4 is 14.2 Å². The smallest absolute Gasteiger partial charge is 0.168 e. The summed E-state index contributed by atoms with van der Waals surface area (Å²) in [7, 11) is 1.66. The molecule has 0 amide bonds. The third-order valence-corrected chi connectivity index (χ3v) is 3.92. The molecule has 0 N–H and O–H groups in total. The van der Waals surface area contributed by atoms with Crippen molar-refractivity contribution < 1.29 is 19.0 Å². The van der Waals surface area contributed by atoms with Crippen LogP contribution in [-0.4, -0.2) is 25.1 Å². The van der Waals surface area contributed by atoms with Crippen molar-refractivity contribution in [2.24, 2.45) is 0 Å². The monoisotopic (exact) mass is 276 g/mol. The van der Waals surface area contributed by atoms with E-state index in [9.17, 15) is 4.79 Å². The number of hydrogen-bond donors (Lipinski definition) is 0. The Morgan fingerprint density at radius 3 is 2.35 bits per heavy atom. The second-order valence-electron chi connectivity index (χ2n) is 5.77. The van der Waals surface area contributed by atoms with Gasteiger partial charge in [-0.15, -0.1) is 0 Å². The highest BCUT2D eigenvalue weighted by molar-refractivity contribution is 5.81. The number of ketones is 1. The average Bonchev–Trinajstić information content (AvgIpc) is 2.91. The van der Waals surface area contributed by atoms with Gasteiger partial charge in [-0.1, -0.05) is 0 Å². The van der Waals surface area contributed by atoms with Gasteiger partial charge in [-0.3, -0.25) is 4.79 Å². The molecule has 1 aromatic carbocycles. The number of methoxy groups -OCH3 is 1. The maximum atomic E-state index is 11.6. The fourth-order valence-corrected chi connectivity index (χ4v) is 3.21. The molecule has 2 unspecified atom stereocenters. The largest absolute Gasteiger partial charge is 0.492 e. The maximum Gasteiger partial charge on any atom is 0.168 e. The minimum absolute atomic E-state index is 0.115. The number of rotatable bonds is 3. The Hall–Kier alpha value is -1.71. The van der Waals surface area contributed by atoms with E-state index < -0.39 is 0 Å². The minimum atomic E-state index is 0.115. The van der Waals surface area contributed by atoms with Gasteiger partial charge >= 0.3 is 0 Å². The Bertz CT molecular complexity index is 537. The molecule has 0 bridgehead atoms. The van der Waals surface area contributed by atoms with Crippen LogP contribution in [0.3, 0.4) is 0 Å². The van der Waals surface area contributed by atoms with E-state index in [0.717, 1.165) is 46.8 Å². The standard InChI is InChI=1S/C16H20O4/c1-8(17)5-11-12-6-9(2)20-16(12)15(18-4)13-7-10(3)19-14(11)13/h9-10H,5-7H2,1-4H3. The Morgan fingerprint density at radius 1 is 1.15 bits per heavy atom. The van der Waals surface area contributed by atoms with Crippen molar-refractivity contribution >= 4 is 5.78 Å². The summed E-state index contributed by atoms with van der Waals surface area (Å²) in [5.74, 6) is 2.59. The maximum absolute atomic E-state index is 11.6. The molecule has 0 fully saturated rings. The second kappa shape index (κ2) is 4.69. The summed E-state index contributed by atoms with van der Waals surface area (Å²) in [6.07, 6.45) is 2.24. The number of hydrogen-bond acceptors (Lipinski definition) is 4. The van der Waals surface area contributed by atoms with Gasteiger partial charge in [-0.05, 0) is 20.8 Å². The Labute approximate surface area is 119 Å². The van der Waals surface area contributed by atoms with Crippen LogP contribution in [0.5, 0.6) is 17.2 Å². The normalized spacial score (nSPS) is 22.8. The number of ether oxygens (including phenoxy) is 3. The molecule has 2 aliphatic heterocycles. The number of carbonyl (C=O) groups excluding carboxylic acids is 1. The lowest BCUT2D eigenvalue weighted by Gasteiger charge is -2.16. The fraction of sp³-hybridized carbons (Fsp3) is 0.562. The van der Waals surface area contributed by atoms with Crippen LogP contribution in [0.25, 0.3) is 0 Å². The van der Waals surface area contributed by atoms with Crippen molar-refractivity contribution in [2.75, 3.05) is 7.11 Å². The molecule has 20 heavy (non-hydrogen) atoms. The molecule has 1 aromatic rings. The van der Waals surface area contributed by atoms with Crippen molar-refractivity contribution in [1.82, 2.24) is 0 Å². The van der Waals surface area contributed by atoms with E-state index in [1.54, 1.807) is 14.0 Å². The van der Waals surface area contributed by atoms with Crippen LogP contribution in [0, 0.1) is 0 Å². The summed E-state index contributed by atoms with van der Waals surface area (Å²) in [6.45, 7) is 5.68. The molecular weight excluding hydrogens is 256 g/mol. The van der Waals surface area contributed by atoms with E-state index in [0.29, 0.717) is 6.42 Å². The number of carbonyl (C=O) groups is 1. The van der Waals surface area contributed by atoms with Crippen molar-refractivity contribution in [1.29, 1.82) is 0 Å². The Kier molecular flexibility index (Phi) is 3.11. The first kappa shape index (κ1) is 13.3. The van der Waals surface area contributed by atoms with Crippen molar-refractivity contribution in [2.45, 2.75) is 52.2 Å². The summed E-state index contributed by atoms with van der Waals surface area (Å²) in [5, 5.41) is 0. The molecule has 4 heteroatoms. The van der Waals surface area contributed by atoms with E-state index in [4.69, 9.17) is 14.2 Å². The third-order valence-electron chi connectivity index (χ3n) is 3.92. The van der Waals surface area contributed by atoms with E-state index in [1.807, 2.05) is 13.8 Å². The van der Waals surface area contributed by atoms with Crippen LogP contribution in [0.4, 0.5) is 0 Å². The molecular formula is C16H20O4. The molecule has 2 heterocycles. The first-order valence-electron chi connectivity index (χ1n) is 7.08. The van der Waals surface area contributed by atoms with Crippen LogP contribution in [0.1, 0.15) is 37.5 Å². The molecule has 0 aliphatic carbocycles. The lowest BCUT2D eigenvalue weighted by Crippen LogP contribution is -2.09. The number of Topliss-reactive ketones (excluding diaryl/α,β-unsaturated/α-hetero) is 1. The molecule has 2 aliphatic rings. The molecule has 0 saturated carbocycles. The van der Waals surface area contributed by atoms with E-state index >= 15 is 0 Å². The van der Waals surface area contributed by atoms with Crippen LogP contribution in [-0.2, 0) is 24.1 Å². The van der Waals surface area contributed by atoms with Crippen molar-refractivity contribution in [3.8, 4) is 17.2 Å². The lowest BCUT2D eigenvalue weighted by molar-refractivity contribution is -0.116. The fourth-order valence-electron chi connectivity index (χ4n) is 3.21. The first-order chi connectivity index (χ1) is 9.51. The molecule has 3 rings (SSSR count). The van der Waals surface area contributed by atoms with Gasteiger partial charge in [0.05, 0.1) is 7.11 Å². The zero-order valence-electron chi connectivity index (χ0n) is 12.4. The van der Waals surface area contributed by atoms with Gasteiger partial charge in [0.25, 0.3) is 0 Å².